The number of ether oxygens (including phenoxy) is 1. The Morgan fingerprint density at radius 3 is 2.26 bits per heavy atom. The first-order chi connectivity index (χ1) is 8.63. The number of nitrogens with one attached hydrogen (secondary N) is 1. The van der Waals surface area contributed by atoms with Gasteiger partial charge in [-0.1, -0.05) is 0 Å². The summed E-state index contributed by atoms with van der Waals surface area (Å²) >= 11 is 0. The van der Waals surface area contributed by atoms with Gasteiger partial charge in [0.05, 0.1) is 5.75 Å². The van der Waals surface area contributed by atoms with E-state index in [2.05, 4.69) is 4.72 Å². The first-order valence-electron chi connectivity index (χ1n) is 6.61. The van der Waals surface area contributed by atoms with Crippen molar-refractivity contribution in [2.45, 2.75) is 52.2 Å². The van der Waals surface area contributed by atoms with E-state index in [1.807, 2.05) is 20.8 Å². The van der Waals surface area contributed by atoms with Crippen LogP contribution < -0.4 is 4.72 Å². The number of carbonyl (C=O) groups is 1. The van der Waals surface area contributed by atoms with Crippen LogP contribution in [0.3, 0.4) is 0 Å². The molecule has 0 bridgehead atoms. The molecule has 0 aromatic carbocycles. The fourth-order valence-corrected chi connectivity index (χ4v) is 2.75. The third-order valence-corrected chi connectivity index (χ3v) is 4.33. The van der Waals surface area contributed by atoms with E-state index in [9.17, 15) is 13.2 Å². The summed E-state index contributed by atoms with van der Waals surface area (Å²) in [7, 11) is -3.17. The molecule has 0 radical (unpaired) electrons. The Morgan fingerprint density at radius 2 is 1.84 bits per heavy atom. The van der Waals surface area contributed by atoms with Gasteiger partial charge < -0.3 is 9.64 Å². The highest BCUT2D eigenvalue weighted by Gasteiger charge is 2.28. The van der Waals surface area contributed by atoms with Gasteiger partial charge >= 0.3 is 6.09 Å². The maximum Gasteiger partial charge on any atom is 0.410 e. The number of sulfonamides is 1. The number of rotatable bonds is 3. The molecular formula is C12H24N2O4S. The number of piperidine rings is 1. The SMILES string of the molecule is CCS(=O)(=O)NC1CCN(C(=O)OC(C)(C)C)CC1. The molecule has 6 nitrogen and oxygen atoms in total. The first-order valence-corrected chi connectivity index (χ1v) is 8.26. The van der Waals surface area contributed by atoms with Crippen LogP contribution in [-0.4, -0.2) is 49.9 Å². The molecule has 1 fully saturated rings. The van der Waals surface area contributed by atoms with Gasteiger partial charge in [0, 0.05) is 19.1 Å². The molecule has 0 aliphatic carbocycles. The van der Waals surface area contributed by atoms with E-state index in [-0.39, 0.29) is 17.9 Å². The van der Waals surface area contributed by atoms with E-state index in [1.54, 1.807) is 11.8 Å². The van der Waals surface area contributed by atoms with Crippen molar-refractivity contribution in [2.24, 2.45) is 0 Å². The summed E-state index contributed by atoms with van der Waals surface area (Å²) in [5.74, 6) is 0.0826. The van der Waals surface area contributed by atoms with Gasteiger partial charge in [-0.15, -0.1) is 0 Å². The van der Waals surface area contributed by atoms with E-state index in [4.69, 9.17) is 4.74 Å². The fourth-order valence-electron chi connectivity index (χ4n) is 1.84. The van der Waals surface area contributed by atoms with Gasteiger partial charge in [-0.3, -0.25) is 0 Å². The smallest absolute Gasteiger partial charge is 0.410 e. The minimum atomic E-state index is -3.17. The molecule has 0 unspecified atom stereocenters. The van der Waals surface area contributed by atoms with Gasteiger partial charge in [-0.25, -0.2) is 17.9 Å². The number of likely N-dealkylation sites (tertiary alicyclic amines) is 1. The molecule has 112 valence electrons. The Kier molecular flexibility index (Phi) is 5.20. The lowest BCUT2D eigenvalue weighted by molar-refractivity contribution is 0.0204. The Morgan fingerprint density at radius 1 is 1.32 bits per heavy atom. The molecule has 1 aliphatic heterocycles. The van der Waals surface area contributed by atoms with Crippen LogP contribution in [0.4, 0.5) is 4.79 Å². The second-order valence-electron chi connectivity index (χ2n) is 5.76. The summed E-state index contributed by atoms with van der Waals surface area (Å²) in [6.45, 7) is 8.13. The zero-order valence-corrected chi connectivity index (χ0v) is 12.9. The van der Waals surface area contributed by atoms with E-state index in [1.165, 1.54) is 0 Å². The molecule has 0 spiro atoms. The summed E-state index contributed by atoms with van der Waals surface area (Å²) < 4.78 is 30.8. The van der Waals surface area contributed by atoms with Crippen LogP contribution in [0.1, 0.15) is 40.5 Å². The number of carbonyl (C=O) groups excluding carboxylic acids is 1. The Bertz CT molecular complexity index is 406. The summed E-state index contributed by atoms with van der Waals surface area (Å²) in [6, 6.07) is -0.0800. The normalized spacial score (nSPS) is 18.4. The summed E-state index contributed by atoms with van der Waals surface area (Å²) in [5, 5.41) is 0. The number of hydrogen-bond donors (Lipinski definition) is 1. The molecule has 7 heteroatoms. The topological polar surface area (TPSA) is 75.7 Å². The second-order valence-corrected chi connectivity index (χ2v) is 7.81. The van der Waals surface area contributed by atoms with Crippen LogP contribution in [0.2, 0.25) is 0 Å². The summed E-state index contributed by atoms with van der Waals surface area (Å²) in [5.41, 5.74) is -0.502. The van der Waals surface area contributed by atoms with Crippen LogP contribution in [0, 0.1) is 0 Å². The molecule has 1 N–H and O–H groups in total. The molecule has 1 heterocycles. The highest BCUT2D eigenvalue weighted by Crippen LogP contribution is 2.15. The van der Waals surface area contributed by atoms with Crippen LogP contribution in [0.15, 0.2) is 0 Å². The van der Waals surface area contributed by atoms with Crippen molar-refractivity contribution in [3.8, 4) is 0 Å². The zero-order chi connectivity index (χ0) is 14.7. The van der Waals surface area contributed by atoms with Gasteiger partial charge in [0.2, 0.25) is 10.0 Å². The van der Waals surface area contributed by atoms with Crippen LogP contribution >= 0.6 is 0 Å². The van der Waals surface area contributed by atoms with Gasteiger partial charge in [-0.05, 0) is 40.5 Å². The third kappa shape index (κ3) is 5.78. The highest BCUT2D eigenvalue weighted by atomic mass is 32.2. The summed E-state index contributed by atoms with van der Waals surface area (Å²) in [6.07, 6.45) is 0.918. The van der Waals surface area contributed by atoms with Crippen LogP contribution in [0.5, 0.6) is 0 Å². The first kappa shape index (κ1) is 16.2. The molecule has 1 saturated heterocycles. The van der Waals surface area contributed by atoms with Crippen LogP contribution in [0.25, 0.3) is 0 Å². The molecule has 0 saturated carbocycles. The van der Waals surface area contributed by atoms with Crippen molar-refractivity contribution in [1.82, 2.24) is 9.62 Å². The van der Waals surface area contributed by atoms with Crippen molar-refractivity contribution < 1.29 is 17.9 Å². The predicted molar refractivity (Wildman–Crippen MR) is 73.4 cm³/mol. The van der Waals surface area contributed by atoms with Crippen molar-refractivity contribution in [2.75, 3.05) is 18.8 Å². The molecule has 0 atom stereocenters. The maximum atomic E-state index is 11.8. The molecule has 1 rings (SSSR count). The van der Waals surface area contributed by atoms with Crippen molar-refractivity contribution in [1.29, 1.82) is 0 Å². The second kappa shape index (κ2) is 6.09. The average molecular weight is 292 g/mol. The Balaban J connectivity index is 2.43. The van der Waals surface area contributed by atoms with Gasteiger partial charge in [-0.2, -0.15) is 0 Å². The number of amides is 1. The van der Waals surface area contributed by atoms with Gasteiger partial charge in [0.1, 0.15) is 5.60 Å². The van der Waals surface area contributed by atoms with E-state index < -0.39 is 15.6 Å². The monoisotopic (exact) mass is 292 g/mol. The highest BCUT2D eigenvalue weighted by molar-refractivity contribution is 7.89. The standard InChI is InChI=1S/C12H24N2O4S/c1-5-19(16,17)13-10-6-8-14(9-7-10)11(15)18-12(2,3)4/h10,13H,5-9H2,1-4H3. The quantitative estimate of drug-likeness (QED) is 0.851. The molecular weight excluding hydrogens is 268 g/mol. The van der Waals surface area contributed by atoms with Crippen molar-refractivity contribution >= 4 is 16.1 Å². The average Bonchev–Trinajstić information content (AvgIpc) is 2.27. The molecule has 1 aliphatic rings. The summed E-state index contributed by atoms with van der Waals surface area (Å²) in [4.78, 5) is 13.5. The zero-order valence-electron chi connectivity index (χ0n) is 12.1. The third-order valence-electron chi connectivity index (χ3n) is 2.87. The van der Waals surface area contributed by atoms with E-state index in [0.717, 1.165) is 0 Å². The minimum Gasteiger partial charge on any atom is -0.444 e. The van der Waals surface area contributed by atoms with Crippen LogP contribution in [-0.2, 0) is 14.8 Å². The Labute approximate surface area is 115 Å². The number of nitrogens with zero attached hydrogens (tertiary/aromatic N) is 1. The van der Waals surface area contributed by atoms with E-state index >= 15 is 0 Å². The van der Waals surface area contributed by atoms with Gasteiger partial charge in [0.15, 0.2) is 0 Å². The molecule has 19 heavy (non-hydrogen) atoms. The van der Waals surface area contributed by atoms with Crippen molar-refractivity contribution in [3.05, 3.63) is 0 Å². The lowest BCUT2D eigenvalue weighted by atomic mass is 10.1. The largest absolute Gasteiger partial charge is 0.444 e. The lowest BCUT2D eigenvalue weighted by Crippen LogP contribution is -2.48. The van der Waals surface area contributed by atoms with Gasteiger partial charge in [0.25, 0.3) is 0 Å². The molecule has 0 aromatic rings. The lowest BCUT2D eigenvalue weighted by Gasteiger charge is -2.33. The predicted octanol–water partition coefficient (Wildman–Crippen LogP) is 1.33. The fraction of sp³-hybridized carbons (Fsp3) is 0.917. The molecule has 1 amide bonds. The van der Waals surface area contributed by atoms with E-state index in [0.29, 0.717) is 25.9 Å². The minimum absolute atomic E-state index is 0.0800. The molecule has 0 aromatic heterocycles. The maximum absolute atomic E-state index is 11.8. The number of hydrogen-bond acceptors (Lipinski definition) is 4. The van der Waals surface area contributed by atoms with Crippen molar-refractivity contribution in [3.63, 3.8) is 0 Å². The Hall–Kier alpha value is -0.820.